The maximum Gasteiger partial charge on any atom is 0.343 e. The molecule has 0 amide bonds. The van der Waals surface area contributed by atoms with Crippen molar-refractivity contribution in [1.29, 1.82) is 0 Å². The molecule has 1 aliphatic rings. The molecule has 1 aliphatic heterocycles. The van der Waals surface area contributed by atoms with E-state index in [0.29, 0.717) is 24.3 Å². The molecule has 0 radical (unpaired) electrons. The van der Waals surface area contributed by atoms with Crippen LogP contribution in [0.4, 0.5) is 0 Å². The summed E-state index contributed by atoms with van der Waals surface area (Å²) >= 11 is 0. The minimum atomic E-state index is -1.41. The van der Waals surface area contributed by atoms with Gasteiger partial charge in [-0.05, 0) is 18.1 Å². The van der Waals surface area contributed by atoms with E-state index < -0.39 is 18.2 Å². The van der Waals surface area contributed by atoms with Gasteiger partial charge in [-0.2, -0.15) is 0 Å². The van der Waals surface area contributed by atoms with Gasteiger partial charge in [0.25, 0.3) is 0 Å². The number of fused-ring (bicyclic) bond motifs is 1. The zero-order chi connectivity index (χ0) is 24.9. The van der Waals surface area contributed by atoms with E-state index in [4.69, 9.17) is 14.2 Å². The number of unbranched alkanes of at least 4 members (excludes halogenated alkanes) is 8. The third kappa shape index (κ3) is 7.56. The molecule has 6 heteroatoms. The second kappa shape index (κ2) is 13.9. The van der Waals surface area contributed by atoms with E-state index >= 15 is 0 Å². The number of ether oxygens (including phenoxy) is 3. The Labute approximate surface area is 208 Å². The Morgan fingerprint density at radius 1 is 0.914 bits per heavy atom. The highest BCUT2D eigenvalue weighted by Gasteiger charge is 2.48. The average Bonchev–Trinajstić information content (AvgIpc) is 3.18. The zero-order valence-corrected chi connectivity index (χ0v) is 20.8. The van der Waals surface area contributed by atoms with E-state index in [1.165, 1.54) is 38.5 Å². The van der Waals surface area contributed by atoms with E-state index in [2.05, 4.69) is 6.92 Å². The van der Waals surface area contributed by atoms with Crippen molar-refractivity contribution >= 4 is 11.9 Å². The summed E-state index contributed by atoms with van der Waals surface area (Å²) < 4.78 is 16.9. The van der Waals surface area contributed by atoms with Crippen molar-refractivity contribution in [3.05, 3.63) is 65.2 Å². The lowest BCUT2D eigenvalue weighted by molar-refractivity contribution is -0.154. The second-order valence-corrected chi connectivity index (χ2v) is 9.23. The molecular weight excluding hydrogens is 444 g/mol. The van der Waals surface area contributed by atoms with Crippen molar-refractivity contribution in [2.24, 2.45) is 0 Å². The van der Waals surface area contributed by atoms with Crippen LogP contribution in [0.1, 0.15) is 92.6 Å². The van der Waals surface area contributed by atoms with Crippen LogP contribution in [-0.2, 0) is 26.5 Å². The molecule has 1 atom stereocenters. The Balaban J connectivity index is 1.49. The second-order valence-electron chi connectivity index (χ2n) is 9.23. The quantitative estimate of drug-likeness (QED) is 0.230. The molecule has 0 fully saturated rings. The Bertz CT molecular complexity index is 941. The first-order chi connectivity index (χ1) is 17.1. The maximum atomic E-state index is 12.7. The van der Waals surface area contributed by atoms with Gasteiger partial charge in [-0.1, -0.05) is 101 Å². The molecule has 0 aromatic heterocycles. The smallest absolute Gasteiger partial charge is 0.343 e. The van der Waals surface area contributed by atoms with Gasteiger partial charge < -0.3 is 19.3 Å². The fourth-order valence-corrected chi connectivity index (χ4v) is 4.38. The lowest BCUT2D eigenvalue weighted by Gasteiger charge is -2.26. The van der Waals surface area contributed by atoms with E-state index in [1.54, 1.807) is 18.2 Å². The Morgan fingerprint density at radius 3 is 2.29 bits per heavy atom. The van der Waals surface area contributed by atoms with E-state index in [0.717, 1.165) is 24.8 Å². The first-order valence-electron chi connectivity index (χ1n) is 12.9. The van der Waals surface area contributed by atoms with Crippen molar-refractivity contribution in [1.82, 2.24) is 0 Å². The van der Waals surface area contributed by atoms with Crippen LogP contribution in [-0.4, -0.2) is 30.3 Å². The van der Waals surface area contributed by atoms with Gasteiger partial charge in [-0.3, -0.25) is 4.79 Å². The van der Waals surface area contributed by atoms with Gasteiger partial charge in [0.15, 0.2) is 5.60 Å². The summed E-state index contributed by atoms with van der Waals surface area (Å²) in [6.07, 6.45) is 10.8. The molecule has 0 bridgehead atoms. The number of hydrogen-bond donors (Lipinski definition) is 1. The topological polar surface area (TPSA) is 82.1 Å². The third-order valence-corrected chi connectivity index (χ3v) is 6.45. The van der Waals surface area contributed by atoms with Crippen LogP contribution in [0.15, 0.2) is 48.5 Å². The number of hydrogen-bond acceptors (Lipinski definition) is 6. The van der Waals surface area contributed by atoms with Crippen LogP contribution in [0.5, 0.6) is 5.75 Å². The predicted molar refractivity (Wildman–Crippen MR) is 134 cm³/mol. The predicted octanol–water partition coefficient (Wildman–Crippen LogP) is 6.09. The highest BCUT2D eigenvalue weighted by Crippen LogP contribution is 2.41. The average molecular weight is 483 g/mol. The van der Waals surface area contributed by atoms with Crippen molar-refractivity contribution in [3.8, 4) is 5.75 Å². The maximum absolute atomic E-state index is 12.7. The molecule has 0 spiro atoms. The summed E-state index contributed by atoms with van der Waals surface area (Å²) in [4.78, 5) is 25.0. The molecule has 0 aliphatic carbocycles. The molecule has 2 aromatic carbocycles. The molecule has 1 heterocycles. The Kier molecular flexibility index (Phi) is 10.6. The summed E-state index contributed by atoms with van der Waals surface area (Å²) in [6.45, 7) is 1.81. The van der Waals surface area contributed by atoms with Crippen LogP contribution < -0.4 is 4.74 Å². The number of esters is 2. The van der Waals surface area contributed by atoms with E-state index in [1.807, 2.05) is 30.3 Å². The molecule has 2 aromatic rings. The zero-order valence-electron chi connectivity index (χ0n) is 20.8. The number of carbonyl (C=O) groups is 2. The largest absolute Gasteiger partial charge is 0.488 e. The SMILES string of the molecule is CCCCCCCCCCCC(=O)OC[C@@]1(CO)OC(=O)c2c(OCc3ccccc3)cccc21. The summed E-state index contributed by atoms with van der Waals surface area (Å²) in [5, 5.41) is 10.1. The van der Waals surface area contributed by atoms with Crippen molar-refractivity contribution in [2.75, 3.05) is 13.2 Å². The number of carbonyl (C=O) groups excluding carboxylic acids is 2. The normalized spacial score (nSPS) is 16.6. The Morgan fingerprint density at radius 2 is 1.60 bits per heavy atom. The van der Waals surface area contributed by atoms with Gasteiger partial charge in [-0.25, -0.2) is 4.79 Å². The molecule has 0 saturated carbocycles. The van der Waals surface area contributed by atoms with Crippen LogP contribution in [0, 0.1) is 0 Å². The summed E-state index contributed by atoms with van der Waals surface area (Å²) in [6, 6.07) is 14.8. The number of benzene rings is 2. The first-order valence-corrected chi connectivity index (χ1v) is 12.9. The minimum absolute atomic E-state index is 0.222. The molecule has 0 unspecified atom stereocenters. The molecule has 3 rings (SSSR count). The molecule has 6 nitrogen and oxygen atoms in total. The van der Waals surface area contributed by atoms with Crippen molar-refractivity contribution < 1.29 is 28.9 Å². The van der Waals surface area contributed by atoms with Crippen LogP contribution in [0.25, 0.3) is 0 Å². The monoisotopic (exact) mass is 482 g/mol. The molecule has 190 valence electrons. The first kappa shape index (κ1) is 26.7. The fraction of sp³-hybridized carbons (Fsp3) is 0.517. The van der Waals surface area contributed by atoms with Gasteiger partial charge in [0.2, 0.25) is 0 Å². The number of rotatable bonds is 16. The lowest BCUT2D eigenvalue weighted by atomic mass is 9.93. The van der Waals surface area contributed by atoms with E-state index in [9.17, 15) is 14.7 Å². The molecule has 0 saturated heterocycles. The van der Waals surface area contributed by atoms with E-state index in [-0.39, 0.29) is 18.1 Å². The summed E-state index contributed by atoms with van der Waals surface area (Å²) in [7, 11) is 0. The lowest BCUT2D eigenvalue weighted by Crippen LogP contribution is -2.37. The number of aliphatic hydroxyl groups excluding tert-OH is 1. The molecule has 1 N–H and O–H groups in total. The third-order valence-electron chi connectivity index (χ3n) is 6.45. The van der Waals surface area contributed by atoms with Crippen molar-refractivity contribution in [2.45, 2.75) is 83.3 Å². The highest BCUT2D eigenvalue weighted by molar-refractivity contribution is 5.97. The van der Waals surface area contributed by atoms with Gasteiger partial charge in [-0.15, -0.1) is 0 Å². The summed E-state index contributed by atoms with van der Waals surface area (Å²) in [5.41, 5.74) is 0.307. The van der Waals surface area contributed by atoms with Gasteiger partial charge in [0, 0.05) is 12.0 Å². The number of cyclic esters (lactones) is 1. The van der Waals surface area contributed by atoms with Gasteiger partial charge in [0.1, 0.15) is 24.5 Å². The minimum Gasteiger partial charge on any atom is -0.488 e. The molecule has 35 heavy (non-hydrogen) atoms. The highest BCUT2D eigenvalue weighted by atomic mass is 16.6. The van der Waals surface area contributed by atoms with Gasteiger partial charge >= 0.3 is 11.9 Å². The molecular formula is C29H38O6. The summed E-state index contributed by atoms with van der Waals surface area (Å²) in [5.74, 6) is -0.554. The number of aliphatic hydroxyl groups is 1. The standard InChI is InChI=1S/C29H38O6/c1-2-3-4-5-6-7-8-9-13-19-26(31)34-22-29(21-30)24-17-14-18-25(27(24)28(32)35-29)33-20-23-15-11-10-12-16-23/h10-12,14-18,30H,2-9,13,19-22H2,1H3/t29-/m1/s1. The van der Waals surface area contributed by atoms with Crippen LogP contribution >= 0.6 is 0 Å². The van der Waals surface area contributed by atoms with Crippen molar-refractivity contribution in [3.63, 3.8) is 0 Å². The fourth-order valence-electron chi connectivity index (χ4n) is 4.38. The van der Waals surface area contributed by atoms with Gasteiger partial charge in [0.05, 0.1) is 6.61 Å². The Hall–Kier alpha value is -2.86. The van der Waals surface area contributed by atoms with Crippen LogP contribution in [0.3, 0.4) is 0 Å². The van der Waals surface area contributed by atoms with Crippen LogP contribution in [0.2, 0.25) is 0 Å².